The first kappa shape index (κ1) is 40.5. The molecule has 1 saturated heterocycles. The number of aliphatic imine (C=N–C) groups is 1. The SMILES string of the molecule is CC.CC.CCCCCCCC/C=C\CCCCCCCC(=O)OC[N+]1(C)CCN(C2=Nc3ccccc3Nc3sc(C)cc32)CC1. The maximum Gasteiger partial charge on any atom is 0.310 e. The fourth-order valence-corrected chi connectivity index (χ4v) is 6.84. The fraction of sp³-hybridized carbons (Fsp3) is 0.650. The number of ether oxygens (including phenoxy) is 1. The summed E-state index contributed by atoms with van der Waals surface area (Å²) in [6.07, 6.45) is 21.7. The van der Waals surface area contributed by atoms with Crippen LogP contribution in [-0.2, 0) is 9.53 Å². The number of quaternary nitrogens is 1. The highest BCUT2D eigenvalue weighted by molar-refractivity contribution is 7.16. The zero-order chi connectivity index (χ0) is 34.3. The maximum atomic E-state index is 12.5. The molecule has 0 amide bonds. The third-order valence-corrected chi connectivity index (χ3v) is 9.74. The number of amidine groups is 1. The first-order chi connectivity index (χ1) is 23.0. The normalized spacial score (nSPS) is 14.8. The van der Waals surface area contributed by atoms with Crippen molar-refractivity contribution in [1.82, 2.24) is 4.90 Å². The summed E-state index contributed by atoms with van der Waals surface area (Å²) >= 11 is 1.78. The summed E-state index contributed by atoms with van der Waals surface area (Å²) in [7, 11) is 2.21. The lowest BCUT2D eigenvalue weighted by Gasteiger charge is -2.42. The van der Waals surface area contributed by atoms with E-state index >= 15 is 0 Å². The minimum atomic E-state index is -0.0476. The van der Waals surface area contributed by atoms with Crippen LogP contribution in [0.25, 0.3) is 0 Å². The number of unbranched alkanes of at least 4 members (excludes halogenated alkanes) is 11. The maximum absolute atomic E-state index is 12.5. The van der Waals surface area contributed by atoms with Crippen molar-refractivity contribution in [3.8, 4) is 0 Å². The lowest BCUT2D eigenvalue weighted by atomic mass is 10.1. The second-order valence-corrected chi connectivity index (χ2v) is 14.0. The largest absolute Gasteiger partial charge is 0.415 e. The minimum absolute atomic E-state index is 0.0476. The van der Waals surface area contributed by atoms with Crippen LogP contribution in [0.15, 0.2) is 47.5 Å². The summed E-state index contributed by atoms with van der Waals surface area (Å²) < 4.78 is 6.53. The summed E-state index contributed by atoms with van der Waals surface area (Å²) in [5, 5.41) is 4.76. The third-order valence-electron chi connectivity index (χ3n) is 8.77. The topological polar surface area (TPSA) is 53.9 Å². The number of esters is 1. The summed E-state index contributed by atoms with van der Waals surface area (Å²) in [5.41, 5.74) is 3.21. The van der Waals surface area contributed by atoms with Crippen molar-refractivity contribution in [2.45, 2.75) is 131 Å². The molecule has 2 aliphatic rings. The molecule has 0 radical (unpaired) electrons. The Balaban J connectivity index is 0.00000185. The van der Waals surface area contributed by atoms with E-state index in [9.17, 15) is 4.79 Å². The van der Waals surface area contributed by atoms with Crippen LogP contribution in [0.3, 0.4) is 0 Å². The summed E-state index contributed by atoms with van der Waals surface area (Å²) in [5.74, 6) is 0.998. The van der Waals surface area contributed by atoms with Crippen molar-refractivity contribution in [3.05, 3.63) is 52.9 Å². The van der Waals surface area contributed by atoms with Crippen LogP contribution in [0.2, 0.25) is 0 Å². The zero-order valence-electron chi connectivity index (χ0n) is 31.0. The standard InChI is InChI=1S/C36H55N4O2S.2C2H6/c1-4-5-6-7-8-9-10-11-12-13-14-15-16-17-18-23-34(41)42-29-40(3)26-24-39(25-27-40)35-31-28-30(2)43-36(31)38-33-22-20-19-21-32(33)37-35;2*1-2/h11-12,19-22,28,38H,4-10,13-18,23-27,29H2,1-3H3;2*1-2H3/q+1;;/b12-11-;;. The Morgan fingerprint density at radius 1 is 0.915 bits per heavy atom. The number of allylic oxidation sites excluding steroid dienone is 2. The molecule has 6 nitrogen and oxygen atoms in total. The quantitative estimate of drug-likeness (QED) is 0.0789. The van der Waals surface area contributed by atoms with E-state index in [0.717, 1.165) is 65.7 Å². The van der Waals surface area contributed by atoms with Crippen LogP contribution in [0, 0.1) is 6.92 Å². The number of aryl methyl sites for hydroxylation is 1. The van der Waals surface area contributed by atoms with Crippen molar-refractivity contribution >= 4 is 39.5 Å². The van der Waals surface area contributed by atoms with Crippen LogP contribution in [0.1, 0.15) is 135 Å². The Kier molecular flexibility index (Phi) is 20.4. The van der Waals surface area contributed by atoms with Gasteiger partial charge in [-0.3, -0.25) is 9.28 Å². The molecular weight excluding hydrogens is 601 g/mol. The number of anilines is 2. The average Bonchev–Trinajstić information content (AvgIpc) is 3.39. The molecule has 47 heavy (non-hydrogen) atoms. The van der Waals surface area contributed by atoms with Gasteiger partial charge in [-0.15, -0.1) is 11.3 Å². The summed E-state index contributed by atoms with van der Waals surface area (Å²) in [6, 6.07) is 10.5. The van der Waals surface area contributed by atoms with Crippen molar-refractivity contribution in [1.29, 1.82) is 0 Å². The molecule has 1 N–H and O–H groups in total. The predicted octanol–water partition coefficient (Wildman–Crippen LogP) is 11.5. The molecular formula is C40H67N4O2S+. The molecule has 7 heteroatoms. The van der Waals surface area contributed by atoms with E-state index in [1.807, 2.05) is 33.8 Å². The molecule has 0 unspecified atom stereocenters. The molecule has 0 aliphatic carbocycles. The number of benzene rings is 1. The number of piperazine rings is 1. The molecule has 1 aromatic carbocycles. The third kappa shape index (κ3) is 14.6. The van der Waals surface area contributed by atoms with Gasteiger partial charge in [-0.1, -0.05) is 110 Å². The van der Waals surface area contributed by atoms with E-state index in [0.29, 0.717) is 13.2 Å². The molecule has 0 saturated carbocycles. The number of carbonyl (C=O) groups is 1. The van der Waals surface area contributed by atoms with Gasteiger partial charge in [0.25, 0.3) is 0 Å². The Hall–Kier alpha value is -2.64. The Morgan fingerprint density at radius 2 is 1.51 bits per heavy atom. The van der Waals surface area contributed by atoms with Crippen LogP contribution in [0.5, 0.6) is 0 Å². The first-order valence-corrected chi connectivity index (χ1v) is 19.7. The van der Waals surface area contributed by atoms with E-state index in [-0.39, 0.29) is 5.97 Å². The number of thiophene rings is 1. The van der Waals surface area contributed by atoms with Gasteiger partial charge in [0.2, 0.25) is 6.73 Å². The fourth-order valence-electron chi connectivity index (χ4n) is 5.92. The van der Waals surface area contributed by atoms with Gasteiger partial charge in [0.15, 0.2) is 0 Å². The molecule has 4 rings (SSSR count). The van der Waals surface area contributed by atoms with Gasteiger partial charge in [0, 0.05) is 11.3 Å². The molecule has 2 aromatic rings. The highest BCUT2D eigenvalue weighted by atomic mass is 32.1. The number of hydrogen-bond donors (Lipinski definition) is 1. The monoisotopic (exact) mass is 667 g/mol. The second kappa shape index (κ2) is 23.6. The Labute approximate surface area is 292 Å². The molecule has 0 spiro atoms. The number of carbonyl (C=O) groups excluding carboxylic acids is 1. The molecule has 2 aliphatic heterocycles. The second-order valence-electron chi connectivity index (χ2n) is 12.7. The highest BCUT2D eigenvalue weighted by Gasteiger charge is 2.33. The molecule has 264 valence electrons. The summed E-state index contributed by atoms with van der Waals surface area (Å²) in [4.78, 5) is 21.3. The van der Waals surface area contributed by atoms with Crippen molar-refractivity contribution in [2.75, 3.05) is 45.3 Å². The molecule has 3 heterocycles. The van der Waals surface area contributed by atoms with E-state index in [4.69, 9.17) is 9.73 Å². The average molecular weight is 668 g/mol. The number of fused-ring (bicyclic) bond motifs is 2. The van der Waals surface area contributed by atoms with E-state index in [1.54, 1.807) is 11.3 Å². The molecule has 1 fully saturated rings. The van der Waals surface area contributed by atoms with Gasteiger partial charge in [0.1, 0.15) is 10.8 Å². The van der Waals surface area contributed by atoms with Crippen molar-refractivity contribution in [2.24, 2.45) is 4.99 Å². The van der Waals surface area contributed by atoms with Crippen LogP contribution in [0.4, 0.5) is 16.4 Å². The van der Waals surface area contributed by atoms with E-state index in [2.05, 4.69) is 67.5 Å². The lowest BCUT2D eigenvalue weighted by Crippen LogP contribution is -2.59. The first-order valence-electron chi connectivity index (χ1n) is 18.9. The van der Waals surface area contributed by atoms with Crippen LogP contribution in [-0.4, -0.2) is 61.1 Å². The number of rotatable bonds is 17. The lowest BCUT2D eigenvalue weighted by molar-refractivity contribution is -0.929. The van der Waals surface area contributed by atoms with Crippen LogP contribution >= 0.6 is 11.3 Å². The van der Waals surface area contributed by atoms with E-state index in [1.165, 1.54) is 81.1 Å². The smallest absolute Gasteiger partial charge is 0.310 e. The Bertz CT molecular complexity index is 1200. The predicted molar refractivity (Wildman–Crippen MR) is 206 cm³/mol. The Morgan fingerprint density at radius 3 is 2.17 bits per heavy atom. The van der Waals surface area contributed by atoms with E-state index < -0.39 is 0 Å². The minimum Gasteiger partial charge on any atom is -0.415 e. The zero-order valence-corrected chi connectivity index (χ0v) is 31.9. The number of likely N-dealkylation sites (N-methyl/N-ethyl adjacent to an activating group) is 1. The van der Waals surface area contributed by atoms with Crippen molar-refractivity contribution in [3.63, 3.8) is 0 Å². The summed E-state index contributed by atoms with van der Waals surface area (Å²) in [6.45, 7) is 16.5. The number of nitrogens with zero attached hydrogens (tertiary/aromatic N) is 3. The van der Waals surface area contributed by atoms with Crippen molar-refractivity contribution < 1.29 is 14.0 Å². The van der Waals surface area contributed by atoms with Gasteiger partial charge >= 0.3 is 5.97 Å². The molecule has 0 bridgehead atoms. The van der Waals surface area contributed by atoms with Gasteiger partial charge < -0.3 is 15.0 Å². The number of para-hydroxylation sites is 2. The van der Waals surface area contributed by atoms with Crippen LogP contribution < -0.4 is 5.32 Å². The number of nitrogens with one attached hydrogen (secondary N) is 1. The van der Waals surface area contributed by atoms with Gasteiger partial charge in [-0.25, -0.2) is 4.99 Å². The number of hydrogen-bond acceptors (Lipinski definition) is 6. The molecule has 0 atom stereocenters. The highest BCUT2D eigenvalue weighted by Crippen LogP contribution is 2.39. The van der Waals surface area contributed by atoms with Gasteiger partial charge in [-0.05, 0) is 57.2 Å². The molecule has 1 aromatic heterocycles. The van der Waals surface area contributed by atoms with Gasteiger partial charge in [-0.2, -0.15) is 0 Å². The van der Waals surface area contributed by atoms with Gasteiger partial charge in [0.05, 0.1) is 50.2 Å².